The van der Waals surface area contributed by atoms with Crippen LogP contribution in [0.4, 0.5) is 10.1 Å². The lowest BCUT2D eigenvalue weighted by Gasteiger charge is -2.28. The maximum atomic E-state index is 13.7. The highest BCUT2D eigenvalue weighted by atomic mass is 32.1. The van der Waals surface area contributed by atoms with E-state index in [0.717, 1.165) is 45.5 Å². The van der Waals surface area contributed by atoms with Crippen LogP contribution in [0.3, 0.4) is 0 Å². The van der Waals surface area contributed by atoms with E-state index in [1.807, 2.05) is 72.8 Å². The maximum Gasteiger partial charge on any atom is 0.174 e. The van der Waals surface area contributed by atoms with Crippen molar-refractivity contribution in [3.63, 3.8) is 0 Å². The van der Waals surface area contributed by atoms with Crippen molar-refractivity contribution < 1.29 is 9.13 Å². The zero-order chi connectivity index (χ0) is 26.9. The fourth-order valence-corrected chi connectivity index (χ4v) is 5.67. The van der Waals surface area contributed by atoms with Crippen LogP contribution in [0.15, 0.2) is 109 Å². The number of pyridine rings is 1. The molecule has 1 saturated heterocycles. The number of para-hydroxylation sites is 1. The van der Waals surface area contributed by atoms with Crippen LogP contribution in [-0.4, -0.2) is 14.7 Å². The Morgan fingerprint density at radius 3 is 2.18 bits per heavy atom. The van der Waals surface area contributed by atoms with Crippen molar-refractivity contribution in [3.8, 4) is 17.2 Å². The number of benzene rings is 3. The molecule has 194 valence electrons. The predicted molar refractivity (Wildman–Crippen MR) is 156 cm³/mol. The summed E-state index contributed by atoms with van der Waals surface area (Å²) in [5.74, 6) is 1.27. The van der Waals surface area contributed by atoms with E-state index >= 15 is 0 Å². The van der Waals surface area contributed by atoms with E-state index in [4.69, 9.17) is 17.0 Å². The molecule has 3 heterocycles. The quantitative estimate of drug-likeness (QED) is 0.227. The van der Waals surface area contributed by atoms with E-state index in [-0.39, 0.29) is 17.9 Å². The van der Waals surface area contributed by atoms with Gasteiger partial charge in [0.2, 0.25) is 0 Å². The number of hydrogen-bond donors (Lipinski definition) is 1. The van der Waals surface area contributed by atoms with Crippen LogP contribution >= 0.6 is 12.2 Å². The SMILES string of the molecule is Cc1cc([C@H]2[C@@H](c3ccccn3)NC(=S)N2c2ccc(Oc3ccccc3)cc2)c(C)n1-c1ccc(F)cc1. The zero-order valence-electron chi connectivity index (χ0n) is 21.6. The second-order valence-corrected chi connectivity index (χ2v) is 9.93. The summed E-state index contributed by atoms with van der Waals surface area (Å²) < 4.78 is 21.8. The van der Waals surface area contributed by atoms with Crippen molar-refractivity contribution in [3.05, 3.63) is 138 Å². The van der Waals surface area contributed by atoms with Gasteiger partial charge in [0.15, 0.2) is 5.11 Å². The number of ether oxygens (including phenoxy) is 1. The molecule has 2 atom stereocenters. The van der Waals surface area contributed by atoms with Gasteiger partial charge in [-0.3, -0.25) is 4.98 Å². The van der Waals surface area contributed by atoms with Gasteiger partial charge in [0, 0.05) is 29.0 Å². The number of thiocarbonyl (C=S) groups is 1. The Morgan fingerprint density at radius 2 is 1.49 bits per heavy atom. The monoisotopic (exact) mass is 534 g/mol. The third kappa shape index (κ3) is 4.77. The minimum absolute atomic E-state index is 0.159. The summed E-state index contributed by atoms with van der Waals surface area (Å²) in [7, 11) is 0. The minimum atomic E-state index is -0.257. The van der Waals surface area contributed by atoms with E-state index in [0.29, 0.717) is 5.11 Å². The molecule has 39 heavy (non-hydrogen) atoms. The third-order valence-corrected chi connectivity index (χ3v) is 7.38. The predicted octanol–water partition coefficient (Wildman–Crippen LogP) is 7.60. The summed E-state index contributed by atoms with van der Waals surface area (Å²) in [5.41, 5.74) is 5.99. The molecule has 0 aliphatic carbocycles. The van der Waals surface area contributed by atoms with E-state index in [2.05, 4.69) is 39.7 Å². The van der Waals surface area contributed by atoms with E-state index in [1.165, 1.54) is 12.1 Å². The Bertz CT molecular complexity index is 1600. The topological polar surface area (TPSA) is 42.3 Å². The first-order valence-corrected chi connectivity index (χ1v) is 13.2. The molecule has 0 saturated carbocycles. The molecule has 0 radical (unpaired) electrons. The Labute approximate surface area is 232 Å². The van der Waals surface area contributed by atoms with Crippen LogP contribution in [0.25, 0.3) is 5.69 Å². The molecule has 1 fully saturated rings. The largest absolute Gasteiger partial charge is 0.457 e. The van der Waals surface area contributed by atoms with Crippen LogP contribution in [0.1, 0.15) is 34.7 Å². The van der Waals surface area contributed by atoms with E-state index in [9.17, 15) is 4.39 Å². The first-order chi connectivity index (χ1) is 19.0. The third-order valence-electron chi connectivity index (χ3n) is 7.07. The van der Waals surface area contributed by atoms with Crippen LogP contribution in [0, 0.1) is 19.7 Å². The van der Waals surface area contributed by atoms with Gasteiger partial charge >= 0.3 is 0 Å². The second-order valence-electron chi connectivity index (χ2n) is 9.54. The highest BCUT2D eigenvalue weighted by Gasteiger charge is 2.42. The molecule has 1 aliphatic rings. The Balaban J connectivity index is 1.41. The number of anilines is 1. The molecule has 0 unspecified atom stereocenters. The van der Waals surface area contributed by atoms with E-state index in [1.54, 1.807) is 18.3 Å². The molecule has 5 aromatic rings. The van der Waals surface area contributed by atoms with Crippen molar-refractivity contribution in [2.45, 2.75) is 25.9 Å². The average Bonchev–Trinajstić information content (AvgIpc) is 3.45. The van der Waals surface area contributed by atoms with Gasteiger partial charge in [-0.15, -0.1) is 0 Å². The van der Waals surface area contributed by atoms with Crippen LogP contribution in [0.2, 0.25) is 0 Å². The van der Waals surface area contributed by atoms with Gasteiger partial charge in [-0.2, -0.15) is 0 Å². The summed E-state index contributed by atoms with van der Waals surface area (Å²) in [6, 6.07) is 32.0. The van der Waals surface area contributed by atoms with Gasteiger partial charge < -0.3 is 19.5 Å². The van der Waals surface area contributed by atoms with Crippen molar-refractivity contribution in [2.75, 3.05) is 4.90 Å². The maximum absolute atomic E-state index is 13.7. The number of hydrogen-bond acceptors (Lipinski definition) is 3. The Morgan fingerprint density at radius 1 is 0.821 bits per heavy atom. The van der Waals surface area contributed by atoms with E-state index < -0.39 is 0 Å². The molecule has 0 amide bonds. The van der Waals surface area contributed by atoms with Crippen molar-refractivity contribution in [1.82, 2.24) is 14.9 Å². The standard InChI is InChI=1S/C32H27FN4OS/c1-21-20-28(22(2)36(21)24-13-11-23(33)12-14-24)31-30(29-10-6-7-19-34-29)35-32(39)37(31)25-15-17-27(18-16-25)38-26-8-4-3-5-9-26/h3-20,30-31H,1-2H3,(H,35,39)/t30-,31+/m1/s1. The van der Waals surface area contributed by atoms with Crippen LogP contribution < -0.4 is 15.0 Å². The minimum Gasteiger partial charge on any atom is -0.457 e. The van der Waals surface area contributed by atoms with Crippen molar-refractivity contribution >= 4 is 23.0 Å². The van der Waals surface area contributed by atoms with Gasteiger partial charge in [0.1, 0.15) is 17.3 Å². The molecule has 1 aliphatic heterocycles. The molecule has 5 nitrogen and oxygen atoms in total. The summed E-state index contributed by atoms with van der Waals surface area (Å²) in [5, 5.41) is 4.15. The first kappa shape index (κ1) is 24.8. The summed E-state index contributed by atoms with van der Waals surface area (Å²) in [4.78, 5) is 6.82. The van der Waals surface area contributed by atoms with Crippen LogP contribution in [0.5, 0.6) is 11.5 Å². The second kappa shape index (κ2) is 10.3. The summed E-state index contributed by atoms with van der Waals surface area (Å²) in [6.45, 7) is 4.16. The smallest absolute Gasteiger partial charge is 0.174 e. The highest BCUT2D eigenvalue weighted by Crippen LogP contribution is 2.44. The molecule has 2 aromatic heterocycles. The Kier molecular flexibility index (Phi) is 6.59. The first-order valence-electron chi connectivity index (χ1n) is 12.8. The summed E-state index contributed by atoms with van der Waals surface area (Å²) in [6.07, 6.45) is 1.80. The molecule has 7 heteroatoms. The number of rotatable bonds is 6. The van der Waals surface area contributed by atoms with Gasteiger partial charge in [-0.05, 0) is 110 Å². The highest BCUT2D eigenvalue weighted by molar-refractivity contribution is 7.80. The van der Waals surface area contributed by atoms with Crippen LogP contribution in [-0.2, 0) is 0 Å². The fraction of sp³-hybridized carbons (Fsp3) is 0.125. The normalized spacial score (nSPS) is 16.8. The lowest BCUT2D eigenvalue weighted by Crippen LogP contribution is -2.29. The van der Waals surface area contributed by atoms with Crippen molar-refractivity contribution in [1.29, 1.82) is 0 Å². The molecule has 1 N–H and O–H groups in total. The lowest BCUT2D eigenvalue weighted by atomic mass is 9.96. The Hall–Kier alpha value is -4.49. The molecular formula is C32H27FN4OS. The lowest BCUT2D eigenvalue weighted by molar-refractivity contribution is 0.482. The van der Waals surface area contributed by atoms with Gasteiger partial charge in [0.25, 0.3) is 0 Å². The zero-order valence-corrected chi connectivity index (χ0v) is 22.4. The van der Waals surface area contributed by atoms with Gasteiger partial charge in [-0.25, -0.2) is 4.39 Å². The molecule has 0 spiro atoms. The molecular weight excluding hydrogens is 507 g/mol. The van der Waals surface area contributed by atoms with Crippen molar-refractivity contribution in [2.24, 2.45) is 0 Å². The van der Waals surface area contributed by atoms with Gasteiger partial charge in [-0.1, -0.05) is 24.3 Å². The molecule has 3 aromatic carbocycles. The van der Waals surface area contributed by atoms with Gasteiger partial charge in [0.05, 0.1) is 17.8 Å². The number of nitrogens with zero attached hydrogens (tertiary/aromatic N) is 3. The fourth-order valence-electron chi connectivity index (χ4n) is 5.32. The number of aryl methyl sites for hydroxylation is 1. The number of aromatic nitrogens is 2. The number of nitrogens with one attached hydrogen (secondary N) is 1. The average molecular weight is 535 g/mol. The summed E-state index contributed by atoms with van der Waals surface area (Å²) >= 11 is 5.91. The molecule has 6 rings (SSSR count). The molecule has 0 bridgehead atoms. The number of halogens is 1.